The summed E-state index contributed by atoms with van der Waals surface area (Å²) in [5.74, 6) is 0.571. The van der Waals surface area contributed by atoms with E-state index in [1.807, 2.05) is 30.8 Å². The van der Waals surface area contributed by atoms with Gasteiger partial charge in [0.05, 0.1) is 0 Å². The summed E-state index contributed by atoms with van der Waals surface area (Å²) in [5, 5.41) is 6.98. The van der Waals surface area contributed by atoms with Gasteiger partial charge in [-0.3, -0.25) is 9.48 Å². The Hall–Kier alpha value is -1.32. The summed E-state index contributed by atoms with van der Waals surface area (Å²) in [7, 11) is 0. The van der Waals surface area contributed by atoms with Crippen LogP contribution in [0.15, 0.2) is 18.5 Å². The Labute approximate surface area is 90.7 Å². The maximum Gasteiger partial charge on any atom is 0.220 e. The van der Waals surface area contributed by atoms with Crippen LogP contribution in [0.3, 0.4) is 0 Å². The van der Waals surface area contributed by atoms with Crippen LogP contribution in [0.2, 0.25) is 0 Å². The molecule has 1 aromatic rings. The van der Waals surface area contributed by atoms with E-state index >= 15 is 0 Å². The van der Waals surface area contributed by atoms with Gasteiger partial charge in [0.1, 0.15) is 0 Å². The van der Waals surface area contributed by atoms with E-state index in [0.29, 0.717) is 12.3 Å². The first kappa shape index (κ1) is 11.8. The summed E-state index contributed by atoms with van der Waals surface area (Å²) in [4.78, 5) is 11.3. The van der Waals surface area contributed by atoms with E-state index in [1.165, 1.54) is 0 Å². The van der Waals surface area contributed by atoms with Crippen LogP contribution < -0.4 is 5.32 Å². The molecule has 0 aliphatic heterocycles. The normalized spacial score (nSPS) is 10.6. The van der Waals surface area contributed by atoms with Gasteiger partial charge in [0.2, 0.25) is 5.91 Å². The molecule has 1 amide bonds. The predicted octanol–water partition coefficient (Wildman–Crippen LogP) is 1.44. The molecule has 0 aliphatic carbocycles. The summed E-state index contributed by atoms with van der Waals surface area (Å²) >= 11 is 0. The van der Waals surface area contributed by atoms with E-state index < -0.39 is 0 Å². The average molecular weight is 209 g/mol. The van der Waals surface area contributed by atoms with Crippen molar-refractivity contribution in [2.75, 3.05) is 6.54 Å². The van der Waals surface area contributed by atoms with Crippen LogP contribution >= 0.6 is 0 Å². The fraction of sp³-hybridized carbons (Fsp3) is 0.636. The van der Waals surface area contributed by atoms with Crippen molar-refractivity contribution in [2.45, 2.75) is 33.2 Å². The minimum absolute atomic E-state index is 0.144. The summed E-state index contributed by atoms with van der Waals surface area (Å²) in [6, 6.07) is 1.90. The first-order valence-electron chi connectivity index (χ1n) is 5.42. The van der Waals surface area contributed by atoms with Crippen LogP contribution in [-0.2, 0) is 11.3 Å². The largest absolute Gasteiger partial charge is 0.356 e. The number of amides is 1. The quantitative estimate of drug-likeness (QED) is 0.720. The molecule has 0 bridgehead atoms. The Kier molecular flexibility index (Phi) is 4.87. The lowest BCUT2D eigenvalue weighted by atomic mass is 10.1. The van der Waals surface area contributed by atoms with E-state index in [1.54, 1.807) is 6.20 Å². The Balaban J connectivity index is 2.04. The molecule has 0 unspecified atom stereocenters. The minimum Gasteiger partial charge on any atom is -0.356 e. The van der Waals surface area contributed by atoms with Crippen molar-refractivity contribution in [3.8, 4) is 0 Å². The highest BCUT2D eigenvalue weighted by Crippen LogP contribution is 1.98. The molecule has 1 N–H and O–H groups in total. The van der Waals surface area contributed by atoms with Gasteiger partial charge in [-0.2, -0.15) is 5.10 Å². The van der Waals surface area contributed by atoms with Crippen molar-refractivity contribution >= 4 is 5.91 Å². The smallest absolute Gasteiger partial charge is 0.220 e. The first-order chi connectivity index (χ1) is 7.18. The van der Waals surface area contributed by atoms with Gasteiger partial charge < -0.3 is 5.32 Å². The van der Waals surface area contributed by atoms with E-state index in [0.717, 1.165) is 19.5 Å². The lowest BCUT2D eigenvalue weighted by molar-refractivity contribution is -0.121. The third kappa shape index (κ3) is 5.20. The Morgan fingerprint density at radius 2 is 2.33 bits per heavy atom. The van der Waals surface area contributed by atoms with E-state index in [2.05, 4.69) is 10.4 Å². The van der Waals surface area contributed by atoms with Crippen LogP contribution in [0.5, 0.6) is 0 Å². The van der Waals surface area contributed by atoms with Crippen molar-refractivity contribution in [2.24, 2.45) is 5.92 Å². The Morgan fingerprint density at radius 1 is 1.53 bits per heavy atom. The molecular formula is C11H19N3O. The first-order valence-corrected chi connectivity index (χ1v) is 5.42. The lowest BCUT2D eigenvalue weighted by Crippen LogP contribution is -2.26. The highest BCUT2D eigenvalue weighted by atomic mass is 16.1. The molecule has 84 valence electrons. The van der Waals surface area contributed by atoms with Crippen molar-refractivity contribution in [3.05, 3.63) is 18.5 Å². The maximum atomic E-state index is 11.3. The van der Waals surface area contributed by atoms with E-state index in [-0.39, 0.29) is 5.91 Å². The molecule has 0 aliphatic rings. The maximum absolute atomic E-state index is 11.3. The zero-order valence-electron chi connectivity index (χ0n) is 9.44. The molecule has 4 nitrogen and oxygen atoms in total. The van der Waals surface area contributed by atoms with Gasteiger partial charge in [0.15, 0.2) is 0 Å². The predicted molar refractivity (Wildman–Crippen MR) is 59.3 cm³/mol. The molecule has 1 heterocycles. The van der Waals surface area contributed by atoms with Gasteiger partial charge in [-0.05, 0) is 18.4 Å². The second-order valence-electron chi connectivity index (χ2n) is 4.07. The molecule has 0 radical (unpaired) electrons. The van der Waals surface area contributed by atoms with Crippen molar-refractivity contribution in [3.63, 3.8) is 0 Å². The number of carbonyl (C=O) groups is 1. The summed E-state index contributed by atoms with van der Waals surface area (Å²) < 4.78 is 1.87. The number of rotatable bonds is 6. The van der Waals surface area contributed by atoms with Crippen LogP contribution in [-0.4, -0.2) is 22.2 Å². The van der Waals surface area contributed by atoms with Gasteiger partial charge in [0, 0.05) is 31.9 Å². The van der Waals surface area contributed by atoms with Crippen LogP contribution in [0, 0.1) is 5.92 Å². The van der Waals surface area contributed by atoms with Crippen molar-refractivity contribution < 1.29 is 4.79 Å². The molecule has 0 fully saturated rings. The topological polar surface area (TPSA) is 46.9 Å². The van der Waals surface area contributed by atoms with Crippen LogP contribution in [0.25, 0.3) is 0 Å². The second kappa shape index (κ2) is 6.22. The number of carbonyl (C=O) groups excluding carboxylic acids is 1. The van der Waals surface area contributed by atoms with Gasteiger partial charge in [-0.25, -0.2) is 0 Å². The van der Waals surface area contributed by atoms with Gasteiger partial charge in [-0.15, -0.1) is 0 Å². The Morgan fingerprint density at radius 3 is 2.93 bits per heavy atom. The van der Waals surface area contributed by atoms with Gasteiger partial charge >= 0.3 is 0 Å². The third-order valence-corrected chi connectivity index (χ3v) is 2.04. The third-order valence-electron chi connectivity index (χ3n) is 2.04. The highest BCUT2D eigenvalue weighted by Gasteiger charge is 2.03. The lowest BCUT2D eigenvalue weighted by Gasteiger charge is -2.06. The summed E-state index contributed by atoms with van der Waals surface area (Å²) in [6.45, 7) is 5.67. The number of hydrogen-bond acceptors (Lipinski definition) is 2. The number of aryl methyl sites for hydroxylation is 1. The summed E-state index contributed by atoms with van der Waals surface area (Å²) in [5.41, 5.74) is 0. The van der Waals surface area contributed by atoms with Crippen LogP contribution in [0.4, 0.5) is 0 Å². The van der Waals surface area contributed by atoms with Gasteiger partial charge in [-0.1, -0.05) is 13.8 Å². The number of aromatic nitrogens is 2. The number of hydrogen-bond donors (Lipinski definition) is 1. The summed E-state index contributed by atoms with van der Waals surface area (Å²) in [6.07, 6.45) is 5.22. The number of nitrogens with zero attached hydrogens (tertiary/aromatic N) is 2. The molecule has 0 saturated carbocycles. The number of nitrogens with one attached hydrogen (secondary N) is 1. The fourth-order valence-corrected chi connectivity index (χ4v) is 1.34. The highest BCUT2D eigenvalue weighted by molar-refractivity contribution is 5.75. The molecule has 0 spiro atoms. The molecule has 0 saturated heterocycles. The molecule has 0 aromatic carbocycles. The average Bonchev–Trinajstić information content (AvgIpc) is 2.63. The monoisotopic (exact) mass is 209 g/mol. The minimum atomic E-state index is 0.144. The second-order valence-corrected chi connectivity index (χ2v) is 4.07. The molecule has 4 heteroatoms. The SMILES string of the molecule is CC(C)CC(=O)NCCCn1cccn1. The Bertz CT molecular complexity index is 280. The fourth-order valence-electron chi connectivity index (χ4n) is 1.34. The molecule has 1 aromatic heterocycles. The van der Waals surface area contributed by atoms with Gasteiger partial charge in [0.25, 0.3) is 0 Å². The molecule has 15 heavy (non-hydrogen) atoms. The zero-order valence-corrected chi connectivity index (χ0v) is 9.44. The molecular weight excluding hydrogens is 190 g/mol. The van der Waals surface area contributed by atoms with Crippen molar-refractivity contribution in [1.82, 2.24) is 15.1 Å². The van der Waals surface area contributed by atoms with E-state index in [9.17, 15) is 4.79 Å². The molecule has 1 rings (SSSR count). The van der Waals surface area contributed by atoms with Crippen LogP contribution in [0.1, 0.15) is 26.7 Å². The van der Waals surface area contributed by atoms with E-state index in [4.69, 9.17) is 0 Å². The van der Waals surface area contributed by atoms with Crippen molar-refractivity contribution in [1.29, 1.82) is 0 Å². The molecule has 0 atom stereocenters. The zero-order chi connectivity index (χ0) is 11.1. The standard InChI is InChI=1S/C11H19N3O/c1-10(2)9-11(15)12-5-3-7-14-8-4-6-13-14/h4,6,8,10H,3,5,7,9H2,1-2H3,(H,12,15).